The van der Waals surface area contributed by atoms with Crippen LogP contribution in [0, 0.1) is 11.3 Å². The molecule has 160 valence electrons. The molecule has 0 aromatic heterocycles. The predicted octanol–water partition coefficient (Wildman–Crippen LogP) is 4.26. The van der Waals surface area contributed by atoms with Gasteiger partial charge in [-0.1, -0.05) is 18.2 Å². The van der Waals surface area contributed by atoms with Crippen LogP contribution in [-0.4, -0.2) is 24.8 Å². The van der Waals surface area contributed by atoms with Crippen molar-refractivity contribution < 1.29 is 19.1 Å². The first-order valence-electron chi connectivity index (χ1n) is 10.9. The molecular formula is C25H26N2O4. The molecule has 6 heteroatoms. The standard InChI is InChI=1S/C25H26N2O4/c1-2-30-24(28)22(13-16-6-3-7-17(12-16)15-26)31-25(29)27-23-20-10-4-8-18(20)14-19-9-5-11-21(19)23/h3,6-7,12,14,22H,2,4-5,8-11,13H2,1H3,(H,27,29)/t22-/m1/s1. The van der Waals surface area contributed by atoms with Gasteiger partial charge in [-0.3, -0.25) is 5.32 Å². The molecule has 0 spiro atoms. The lowest BCUT2D eigenvalue weighted by atomic mass is 9.99. The van der Waals surface area contributed by atoms with Crippen LogP contribution in [0.5, 0.6) is 0 Å². The first-order chi connectivity index (χ1) is 15.1. The van der Waals surface area contributed by atoms with Gasteiger partial charge in [-0.05, 0) is 85.4 Å². The molecule has 2 aliphatic carbocycles. The summed E-state index contributed by atoms with van der Waals surface area (Å²) in [6.07, 6.45) is 4.54. The Morgan fingerprint density at radius 2 is 1.81 bits per heavy atom. The molecule has 1 atom stereocenters. The third kappa shape index (κ3) is 4.56. The molecular weight excluding hydrogens is 392 g/mol. The molecule has 0 aliphatic heterocycles. The average Bonchev–Trinajstić information content (AvgIpc) is 3.43. The van der Waals surface area contributed by atoms with E-state index in [0.717, 1.165) is 49.8 Å². The lowest BCUT2D eigenvalue weighted by molar-refractivity contribution is -0.152. The van der Waals surface area contributed by atoms with Crippen LogP contribution in [0.4, 0.5) is 10.5 Å². The molecule has 31 heavy (non-hydrogen) atoms. The number of hydrogen-bond donors (Lipinski definition) is 1. The molecule has 1 N–H and O–H groups in total. The van der Waals surface area contributed by atoms with E-state index >= 15 is 0 Å². The van der Waals surface area contributed by atoms with Crippen molar-refractivity contribution >= 4 is 17.7 Å². The fourth-order valence-electron chi connectivity index (χ4n) is 4.62. The third-order valence-corrected chi connectivity index (χ3v) is 5.98. The molecule has 2 aliphatic rings. The number of nitriles is 1. The molecule has 2 aromatic rings. The minimum Gasteiger partial charge on any atom is -0.463 e. The number of carbonyl (C=O) groups is 2. The highest BCUT2D eigenvalue weighted by molar-refractivity contribution is 5.90. The maximum atomic E-state index is 12.9. The van der Waals surface area contributed by atoms with Crippen LogP contribution < -0.4 is 5.32 Å². The summed E-state index contributed by atoms with van der Waals surface area (Å²) in [5, 5.41) is 12.1. The number of benzene rings is 2. The van der Waals surface area contributed by atoms with E-state index in [1.807, 2.05) is 0 Å². The quantitative estimate of drug-likeness (QED) is 0.708. The normalized spacial score (nSPS) is 14.8. The highest BCUT2D eigenvalue weighted by Gasteiger charge is 2.28. The van der Waals surface area contributed by atoms with Crippen molar-refractivity contribution in [2.75, 3.05) is 11.9 Å². The van der Waals surface area contributed by atoms with Crippen LogP contribution in [0.15, 0.2) is 30.3 Å². The number of nitrogens with zero attached hydrogens (tertiary/aromatic N) is 1. The lowest BCUT2D eigenvalue weighted by Gasteiger charge is -2.19. The van der Waals surface area contributed by atoms with Crippen molar-refractivity contribution in [3.63, 3.8) is 0 Å². The molecule has 6 nitrogen and oxygen atoms in total. The average molecular weight is 418 g/mol. The third-order valence-electron chi connectivity index (χ3n) is 5.98. The second kappa shape index (κ2) is 9.22. The fraction of sp³-hybridized carbons (Fsp3) is 0.400. The van der Waals surface area contributed by atoms with Crippen LogP contribution in [0.2, 0.25) is 0 Å². The second-order valence-corrected chi connectivity index (χ2v) is 8.02. The summed E-state index contributed by atoms with van der Waals surface area (Å²) in [6.45, 7) is 1.90. The van der Waals surface area contributed by atoms with Crippen molar-refractivity contribution in [1.29, 1.82) is 5.26 Å². The summed E-state index contributed by atoms with van der Waals surface area (Å²) in [5.41, 5.74) is 7.12. The predicted molar refractivity (Wildman–Crippen MR) is 116 cm³/mol. The maximum Gasteiger partial charge on any atom is 0.412 e. The molecule has 0 saturated heterocycles. The van der Waals surface area contributed by atoms with Gasteiger partial charge in [0.15, 0.2) is 0 Å². The Kier molecular flexibility index (Phi) is 6.22. The van der Waals surface area contributed by atoms with Crippen molar-refractivity contribution in [3.8, 4) is 6.07 Å². The van der Waals surface area contributed by atoms with Crippen molar-refractivity contribution in [2.24, 2.45) is 0 Å². The smallest absolute Gasteiger partial charge is 0.412 e. The van der Waals surface area contributed by atoms with E-state index in [1.165, 1.54) is 22.3 Å². The number of rotatable bonds is 6. The number of anilines is 1. The molecule has 0 radical (unpaired) electrons. The van der Waals surface area contributed by atoms with Crippen LogP contribution >= 0.6 is 0 Å². The van der Waals surface area contributed by atoms with Crippen molar-refractivity contribution in [3.05, 3.63) is 63.7 Å². The maximum absolute atomic E-state index is 12.9. The zero-order valence-corrected chi connectivity index (χ0v) is 17.7. The summed E-state index contributed by atoms with van der Waals surface area (Å²) in [7, 11) is 0. The Morgan fingerprint density at radius 1 is 1.10 bits per heavy atom. The molecule has 0 heterocycles. The second-order valence-electron chi connectivity index (χ2n) is 8.02. The molecule has 0 unspecified atom stereocenters. The largest absolute Gasteiger partial charge is 0.463 e. The van der Waals surface area contributed by atoms with Gasteiger partial charge in [0, 0.05) is 6.42 Å². The SMILES string of the molecule is CCOC(=O)[C@@H](Cc1cccc(C#N)c1)OC(=O)Nc1c2c(cc3c1CCC3)CCC2. The van der Waals surface area contributed by atoms with Gasteiger partial charge in [-0.25, -0.2) is 9.59 Å². The number of ether oxygens (including phenoxy) is 2. The van der Waals surface area contributed by atoms with Gasteiger partial charge in [0.1, 0.15) is 0 Å². The fourth-order valence-corrected chi connectivity index (χ4v) is 4.62. The first-order valence-corrected chi connectivity index (χ1v) is 10.9. The Balaban J connectivity index is 1.53. The highest BCUT2D eigenvalue weighted by atomic mass is 16.6. The van der Waals surface area contributed by atoms with Crippen LogP contribution in [0.3, 0.4) is 0 Å². The van der Waals surface area contributed by atoms with Gasteiger partial charge in [0.2, 0.25) is 6.10 Å². The summed E-state index contributed by atoms with van der Waals surface area (Å²) in [4.78, 5) is 25.3. The highest BCUT2D eigenvalue weighted by Crippen LogP contribution is 2.38. The minimum atomic E-state index is -1.08. The zero-order chi connectivity index (χ0) is 21.8. The Morgan fingerprint density at radius 3 is 2.45 bits per heavy atom. The summed E-state index contributed by atoms with van der Waals surface area (Å²) < 4.78 is 10.7. The number of amides is 1. The van der Waals surface area contributed by atoms with Gasteiger partial charge in [-0.15, -0.1) is 0 Å². The van der Waals surface area contributed by atoms with E-state index < -0.39 is 18.2 Å². The van der Waals surface area contributed by atoms with E-state index in [1.54, 1.807) is 31.2 Å². The summed E-state index contributed by atoms with van der Waals surface area (Å²) in [6, 6.07) is 11.3. The van der Waals surface area contributed by atoms with Crippen molar-refractivity contribution in [2.45, 2.75) is 58.0 Å². The summed E-state index contributed by atoms with van der Waals surface area (Å²) >= 11 is 0. The molecule has 4 rings (SSSR count). The monoisotopic (exact) mass is 418 g/mol. The first kappa shape index (κ1) is 20.9. The van der Waals surface area contributed by atoms with Gasteiger partial charge in [0.25, 0.3) is 0 Å². The van der Waals surface area contributed by atoms with Gasteiger partial charge in [0.05, 0.1) is 23.9 Å². The van der Waals surface area contributed by atoms with Gasteiger partial charge in [-0.2, -0.15) is 5.26 Å². The number of esters is 1. The number of nitrogens with one attached hydrogen (secondary N) is 1. The Bertz CT molecular complexity index is 1020. The van der Waals surface area contributed by atoms with Crippen LogP contribution in [-0.2, 0) is 46.4 Å². The van der Waals surface area contributed by atoms with E-state index in [-0.39, 0.29) is 13.0 Å². The minimum absolute atomic E-state index is 0.146. The Hall–Kier alpha value is -3.33. The van der Waals surface area contributed by atoms with E-state index in [0.29, 0.717) is 5.56 Å². The topological polar surface area (TPSA) is 88.4 Å². The van der Waals surface area contributed by atoms with E-state index in [9.17, 15) is 9.59 Å². The lowest BCUT2D eigenvalue weighted by Crippen LogP contribution is -2.33. The van der Waals surface area contributed by atoms with Gasteiger partial charge < -0.3 is 9.47 Å². The van der Waals surface area contributed by atoms with Crippen LogP contribution in [0.1, 0.15) is 53.1 Å². The number of hydrogen-bond acceptors (Lipinski definition) is 5. The van der Waals surface area contributed by atoms with Gasteiger partial charge >= 0.3 is 12.1 Å². The molecule has 1 amide bonds. The molecule has 0 saturated carbocycles. The molecule has 2 aromatic carbocycles. The zero-order valence-electron chi connectivity index (χ0n) is 17.7. The Labute approximate surface area is 182 Å². The van der Waals surface area contributed by atoms with Crippen molar-refractivity contribution in [1.82, 2.24) is 0 Å². The number of fused-ring (bicyclic) bond motifs is 2. The van der Waals surface area contributed by atoms with E-state index in [4.69, 9.17) is 14.7 Å². The molecule has 0 fully saturated rings. The van der Waals surface area contributed by atoms with Crippen LogP contribution in [0.25, 0.3) is 0 Å². The number of carbonyl (C=O) groups excluding carboxylic acids is 2. The van der Waals surface area contributed by atoms with E-state index in [2.05, 4.69) is 17.5 Å². The molecule has 0 bridgehead atoms. The summed E-state index contributed by atoms with van der Waals surface area (Å²) in [5.74, 6) is -0.594. The number of aryl methyl sites for hydroxylation is 2.